The van der Waals surface area contributed by atoms with Gasteiger partial charge in [-0.1, -0.05) is 32.1 Å². The molecule has 0 spiro atoms. The second-order valence-corrected chi connectivity index (χ2v) is 6.79. The molecule has 0 aliphatic rings. The van der Waals surface area contributed by atoms with Crippen molar-refractivity contribution in [1.82, 2.24) is 14.8 Å². The smallest absolute Gasteiger partial charge is 0.183 e. The third-order valence-corrected chi connectivity index (χ3v) is 3.88. The van der Waals surface area contributed by atoms with Gasteiger partial charge in [-0.2, -0.15) is 5.10 Å². The Morgan fingerprint density at radius 2 is 2.15 bits per heavy atom. The van der Waals surface area contributed by atoms with E-state index in [-0.39, 0.29) is 5.41 Å². The van der Waals surface area contributed by atoms with Crippen LogP contribution in [0.2, 0.25) is 0 Å². The molecule has 110 valence electrons. The molecule has 5 nitrogen and oxygen atoms in total. The van der Waals surface area contributed by atoms with E-state index in [0.717, 1.165) is 27.8 Å². The molecular formula is C14H22N4OS. The molecule has 6 heteroatoms. The standard InChI is InChI=1S/C14H22N4OS/c1-14(2,3)12-10(9-18(4)17-12)11-8-16-13(20-11)15-6-7-19-5/h8-9H,6-7H2,1-5H3,(H,15,16). The monoisotopic (exact) mass is 294 g/mol. The van der Waals surface area contributed by atoms with Crippen molar-refractivity contribution in [2.24, 2.45) is 7.05 Å². The second-order valence-electron chi connectivity index (χ2n) is 5.76. The first-order chi connectivity index (χ1) is 9.41. The summed E-state index contributed by atoms with van der Waals surface area (Å²) in [6.07, 6.45) is 3.97. The Morgan fingerprint density at radius 1 is 1.40 bits per heavy atom. The summed E-state index contributed by atoms with van der Waals surface area (Å²) >= 11 is 1.65. The van der Waals surface area contributed by atoms with Crippen LogP contribution in [0.4, 0.5) is 5.13 Å². The van der Waals surface area contributed by atoms with E-state index in [4.69, 9.17) is 4.74 Å². The number of ether oxygens (including phenoxy) is 1. The summed E-state index contributed by atoms with van der Waals surface area (Å²) in [6, 6.07) is 0. The SMILES string of the molecule is COCCNc1ncc(-c2cn(C)nc2C(C)(C)C)s1. The molecule has 1 N–H and O–H groups in total. The van der Waals surface area contributed by atoms with E-state index >= 15 is 0 Å². The lowest BCUT2D eigenvalue weighted by atomic mass is 9.89. The summed E-state index contributed by atoms with van der Waals surface area (Å²) in [5.41, 5.74) is 2.29. The molecule has 0 aliphatic heterocycles. The van der Waals surface area contributed by atoms with Gasteiger partial charge in [0.1, 0.15) is 0 Å². The molecule has 0 saturated carbocycles. The fourth-order valence-corrected chi connectivity index (χ4v) is 2.82. The molecule has 2 aromatic rings. The van der Waals surface area contributed by atoms with E-state index in [9.17, 15) is 0 Å². The van der Waals surface area contributed by atoms with Crippen molar-refractivity contribution in [3.63, 3.8) is 0 Å². The van der Waals surface area contributed by atoms with Crippen molar-refractivity contribution in [3.8, 4) is 10.4 Å². The predicted molar refractivity (Wildman–Crippen MR) is 83.4 cm³/mol. The maximum Gasteiger partial charge on any atom is 0.183 e. The number of thiazole rings is 1. The van der Waals surface area contributed by atoms with E-state index in [0.29, 0.717) is 6.61 Å². The number of anilines is 1. The molecule has 0 fully saturated rings. The van der Waals surface area contributed by atoms with Crippen LogP contribution in [0.3, 0.4) is 0 Å². The van der Waals surface area contributed by atoms with E-state index in [1.165, 1.54) is 0 Å². The van der Waals surface area contributed by atoms with Crippen molar-refractivity contribution < 1.29 is 4.74 Å². The highest BCUT2D eigenvalue weighted by Gasteiger charge is 2.23. The predicted octanol–water partition coefficient (Wildman–Crippen LogP) is 2.90. The highest BCUT2D eigenvalue weighted by molar-refractivity contribution is 7.18. The second kappa shape index (κ2) is 5.93. The maximum absolute atomic E-state index is 5.02. The van der Waals surface area contributed by atoms with Crippen molar-refractivity contribution in [1.29, 1.82) is 0 Å². The minimum absolute atomic E-state index is 0.0181. The third kappa shape index (κ3) is 3.37. The summed E-state index contributed by atoms with van der Waals surface area (Å²) < 4.78 is 6.89. The molecule has 0 bridgehead atoms. The maximum atomic E-state index is 5.02. The van der Waals surface area contributed by atoms with Crippen molar-refractivity contribution in [2.75, 3.05) is 25.6 Å². The fraction of sp³-hybridized carbons (Fsp3) is 0.571. The molecule has 2 heterocycles. The van der Waals surface area contributed by atoms with Crippen LogP contribution < -0.4 is 5.32 Å². The van der Waals surface area contributed by atoms with Crippen LogP contribution in [-0.4, -0.2) is 35.0 Å². The zero-order valence-corrected chi connectivity index (χ0v) is 13.5. The van der Waals surface area contributed by atoms with E-state index < -0.39 is 0 Å². The summed E-state index contributed by atoms with van der Waals surface area (Å²) in [6.45, 7) is 7.98. The van der Waals surface area contributed by atoms with Crippen LogP contribution in [-0.2, 0) is 17.2 Å². The molecule has 0 atom stereocenters. The Balaban J connectivity index is 2.24. The highest BCUT2D eigenvalue weighted by atomic mass is 32.1. The quantitative estimate of drug-likeness (QED) is 0.862. The molecule has 0 unspecified atom stereocenters. The fourth-order valence-electron chi connectivity index (χ4n) is 1.96. The molecule has 0 radical (unpaired) electrons. The van der Waals surface area contributed by atoms with Crippen LogP contribution in [0.15, 0.2) is 12.4 Å². The summed E-state index contributed by atoms with van der Waals surface area (Å²) in [5, 5.41) is 8.77. The summed E-state index contributed by atoms with van der Waals surface area (Å²) in [7, 11) is 3.65. The number of hydrogen-bond acceptors (Lipinski definition) is 5. The van der Waals surface area contributed by atoms with Gasteiger partial charge in [0.15, 0.2) is 5.13 Å². The third-order valence-electron chi connectivity index (χ3n) is 2.89. The van der Waals surface area contributed by atoms with Gasteiger partial charge >= 0.3 is 0 Å². The highest BCUT2D eigenvalue weighted by Crippen LogP contribution is 2.35. The number of nitrogens with one attached hydrogen (secondary N) is 1. The van der Waals surface area contributed by atoms with Crippen LogP contribution in [0.5, 0.6) is 0 Å². The topological polar surface area (TPSA) is 52.0 Å². The number of aryl methyl sites for hydroxylation is 1. The minimum atomic E-state index is 0.0181. The lowest BCUT2D eigenvalue weighted by Crippen LogP contribution is -2.13. The molecule has 0 aliphatic carbocycles. The van der Waals surface area contributed by atoms with Crippen molar-refractivity contribution in [2.45, 2.75) is 26.2 Å². The van der Waals surface area contributed by atoms with Gasteiger partial charge in [0.25, 0.3) is 0 Å². The molecule has 20 heavy (non-hydrogen) atoms. The minimum Gasteiger partial charge on any atom is -0.383 e. The van der Waals surface area contributed by atoms with Crippen molar-refractivity contribution in [3.05, 3.63) is 18.1 Å². The zero-order chi connectivity index (χ0) is 14.8. The van der Waals surface area contributed by atoms with Gasteiger partial charge in [-0.15, -0.1) is 0 Å². The zero-order valence-electron chi connectivity index (χ0n) is 12.7. The van der Waals surface area contributed by atoms with E-state index in [2.05, 4.69) is 42.4 Å². The molecule has 0 amide bonds. The average Bonchev–Trinajstić information content (AvgIpc) is 2.95. The van der Waals surface area contributed by atoms with Gasteiger partial charge in [-0.05, 0) is 0 Å². The van der Waals surface area contributed by atoms with Gasteiger partial charge in [0.05, 0.1) is 17.2 Å². The first kappa shape index (κ1) is 15.0. The molecule has 2 aromatic heterocycles. The number of rotatable bonds is 5. The lowest BCUT2D eigenvalue weighted by Gasteiger charge is -2.16. The van der Waals surface area contributed by atoms with Gasteiger partial charge in [-0.25, -0.2) is 4.98 Å². The van der Waals surface area contributed by atoms with Gasteiger partial charge < -0.3 is 10.1 Å². The molecule has 2 rings (SSSR count). The number of aromatic nitrogens is 3. The molecular weight excluding hydrogens is 272 g/mol. The number of hydrogen-bond donors (Lipinski definition) is 1. The Morgan fingerprint density at radius 3 is 2.80 bits per heavy atom. The van der Waals surface area contributed by atoms with Crippen LogP contribution in [0.25, 0.3) is 10.4 Å². The lowest BCUT2D eigenvalue weighted by molar-refractivity contribution is 0.211. The largest absolute Gasteiger partial charge is 0.383 e. The Bertz CT molecular complexity index is 568. The summed E-state index contributed by atoms with van der Waals surface area (Å²) in [4.78, 5) is 5.55. The van der Waals surface area contributed by atoms with Gasteiger partial charge in [0.2, 0.25) is 0 Å². The first-order valence-corrected chi connectivity index (χ1v) is 7.46. The van der Waals surface area contributed by atoms with E-state index in [1.54, 1.807) is 18.4 Å². The average molecular weight is 294 g/mol. The van der Waals surface area contributed by atoms with Crippen LogP contribution >= 0.6 is 11.3 Å². The first-order valence-electron chi connectivity index (χ1n) is 6.65. The number of methoxy groups -OCH3 is 1. The van der Waals surface area contributed by atoms with Crippen molar-refractivity contribution >= 4 is 16.5 Å². The Hall–Kier alpha value is -1.40. The Kier molecular flexibility index (Phi) is 4.45. The normalized spacial score (nSPS) is 11.8. The number of nitrogens with zero attached hydrogens (tertiary/aromatic N) is 3. The summed E-state index contributed by atoms with van der Waals surface area (Å²) in [5.74, 6) is 0. The Labute approximate surface area is 124 Å². The van der Waals surface area contributed by atoms with Gasteiger partial charge in [0, 0.05) is 44.1 Å². The van der Waals surface area contributed by atoms with Crippen LogP contribution in [0.1, 0.15) is 26.5 Å². The van der Waals surface area contributed by atoms with Gasteiger partial charge in [-0.3, -0.25) is 4.68 Å². The van der Waals surface area contributed by atoms with Crippen LogP contribution in [0, 0.1) is 0 Å². The molecule has 0 saturated heterocycles. The molecule has 0 aromatic carbocycles. The van der Waals surface area contributed by atoms with E-state index in [1.807, 2.05) is 17.9 Å².